The Morgan fingerprint density at radius 3 is 2.48 bits per heavy atom. The average molecular weight is 288 g/mol. The summed E-state index contributed by atoms with van der Waals surface area (Å²) < 4.78 is 11.0. The summed E-state index contributed by atoms with van der Waals surface area (Å²) in [4.78, 5) is 24.7. The first-order valence-electron chi connectivity index (χ1n) is 7.27. The third kappa shape index (κ3) is 2.99. The van der Waals surface area contributed by atoms with Crippen LogP contribution in [0.1, 0.15) is 32.8 Å². The second kappa shape index (κ2) is 6.57. The van der Waals surface area contributed by atoms with Gasteiger partial charge in [-0.05, 0) is 13.3 Å². The number of Topliss-reactive ketones (excluding diaryl/α,β-unsaturated/α-hetero) is 1. The van der Waals surface area contributed by atoms with Crippen molar-refractivity contribution in [1.82, 2.24) is 0 Å². The molecule has 1 aliphatic heterocycles. The van der Waals surface area contributed by atoms with Gasteiger partial charge in [0.05, 0.1) is 12.5 Å². The van der Waals surface area contributed by atoms with E-state index >= 15 is 0 Å². The highest BCUT2D eigenvalue weighted by molar-refractivity contribution is 6.23. The van der Waals surface area contributed by atoms with Crippen LogP contribution in [0.2, 0.25) is 0 Å². The number of carbonyl (C=O) groups excluding carboxylic acids is 2. The first-order valence-corrected chi connectivity index (χ1v) is 7.27. The van der Waals surface area contributed by atoms with Crippen molar-refractivity contribution in [2.45, 2.75) is 33.3 Å². The largest absolute Gasteiger partial charge is 0.488 e. The second-order valence-corrected chi connectivity index (χ2v) is 5.01. The molecule has 0 N–H and O–H groups in total. The van der Waals surface area contributed by atoms with Crippen LogP contribution in [0.15, 0.2) is 35.9 Å². The minimum atomic E-state index is -0.609. The van der Waals surface area contributed by atoms with Crippen LogP contribution in [0, 0.1) is 5.92 Å². The molecule has 2 unspecified atom stereocenters. The normalized spacial score (nSPS) is 22.0. The van der Waals surface area contributed by atoms with Crippen LogP contribution in [0.3, 0.4) is 0 Å². The monoisotopic (exact) mass is 288 g/mol. The maximum absolute atomic E-state index is 12.6. The number of ketones is 1. The Kier molecular flexibility index (Phi) is 4.78. The summed E-state index contributed by atoms with van der Waals surface area (Å²) in [6.45, 7) is 5.69. The van der Waals surface area contributed by atoms with Crippen molar-refractivity contribution in [2.75, 3.05) is 6.61 Å². The van der Waals surface area contributed by atoms with Crippen LogP contribution in [0.5, 0.6) is 0 Å². The summed E-state index contributed by atoms with van der Waals surface area (Å²) in [5, 5.41) is 0. The standard InChI is InChI=1S/C17H20O4/c1-4-13-11(3)15(18)14(17(19)20-5-2)16(21-13)12-9-7-6-8-10-12/h6-11,13H,4-5H2,1-3H3. The molecular weight excluding hydrogens is 268 g/mol. The Bertz CT molecular complexity index is 559. The van der Waals surface area contributed by atoms with Gasteiger partial charge in [-0.3, -0.25) is 4.79 Å². The van der Waals surface area contributed by atoms with Crippen LogP contribution in [-0.4, -0.2) is 24.5 Å². The number of carbonyl (C=O) groups is 2. The Morgan fingerprint density at radius 2 is 1.90 bits per heavy atom. The lowest BCUT2D eigenvalue weighted by Gasteiger charge is -2.31. The van der Waals surface area contributed by atoms with Gasteiger partial charge < -0.3 is 9.47 Å². The summed E-state index contributed by atoms with van der Waals surface area (Å²) in [5.41, 5.74) is 0.750. The first-order chi connectivity index (χ1) is 10.1. The van der Waals surface area contributed by atoms with Crippen molar-refractivity contribution in [1.29, 1.82) is 0 Å². The van der Waals surface area contributed by atoms with E-state index in [4.69, 9.17) is 9.47 Å². The van der Waals surface area contributed by atoms with Gasteiger partial charge in [0.1, 0.15) is 17.4 Å². The highest BCUT2D eigenvalue weighted by Gasteiger charge is 2.39. The van der Waals surface area contributed by atoms with E-state index in [-0.39, 0.29) is 30.0 Å². The number of benzene rings is 1. The zero-order valence-corrected chi connectivity index (χ0v) is 12.6. The molecule has 0 aromatic heterocycles. The minimum absolute atomic E-state index is 0.0280. The molecule has 2 atom stereocenters. The molecule has 0 amide bonds. The molecule has 0 saturated heterocycles. The Labute approximate surface area is 124 Å². The summed E-state index contributed by atoms with van der Waals surface area (Å²) in [6.07, 6.45) is 0.491. The molecule has 0 bridgehead atoms. The van der Waals surface area contributed by atoms with Crippen molar-refractivity contribution in [3.05, 3.63) is 41.5 Å². The fraction of sp³-hybridized carbons (Fsp3) is 0.412. The van der Waals surface area contributed by atoms with Gasteiger partial charge >= 0.3 is 5.97 Å². The highest BCUT2D eigenvalue weighted by Crippen LogP contribution is 2.33. The summed E-state index contributed by atoms with van der Waals surface area (Å²) in [7, 11) is 0. The fourth-order valence-electron chi connectivity index (χ4n) is 2.46. The van der Waals surface area contributed by atoms with E-state index in [1.54, 1.807) is 13.8 Å². The number of hydrogen-bond donors (Lipinski definition) is 0. The predicted octanol–water partition coefficient (Wildman–Crippen LogP) is 2.97. The molecule has 0 aliphatic carbocycles. The predicted molar refractivity (Wildman–Crippen MR) is 79.3 cm³/mol. The molecule has 21 heavy (non-hydrogen) atoms. The maximum Gasteiger partial charge on any atom is 0.345 e. The van der Waals surface area contributed by atoms with Crippen molar-refractivity contribution < 1.29 is 19.1 Å². The van der Waals surface area contributed by atoms with Gasteiger partial charge in [-0.1, -0.05) is 44.2 Å². The molecule has 0 spiro atoms. The maximum atomic E-state index is 12.6. The van der Waals surface area contributed by atoms with E-state index < -0.39 is 5.97 Å². The lowest BCUT2D eigenvalue weighted by molar-refractivity contribution is -0.141. The summed E-state index contributed by atoms with van der Waals surface area (Å²) in [5.74, 6) is -0.820. The number of hydrogen-bond acceptors (Lipinski definition) is 4. The molecule has 1 aromatic carbocycles. The molecule has 0 saturated carbocycles. The van der Waals surface area contributed by atoms with Crippen LogP contribution < -0.4 is 0 Å². The van der Waals surface area contributed by atoms with E-state index in [1.165, 1.54) is 0 Å². The van der Waals surface area contributed by atoms with Crippen LogP contribution in [0.25, 0.3) is 5.76 Å². The fourth-order valence-corrected chi connectivity index (χ4v) is 2.46. The zero-order chi connectivity index (χ0) is 15.4. The van der Waals surface area contributed by atoms with Crippen molar-refractivity contribution in [3.63, 3.8) is 0 Å². The molecule has 0 fully saturated rings. The second-order valence-electron chi connectivity index (χ2n) is 5.01. The molecule has 1 aliphatic rings. The molecule has 4 heteroatoms. The average Bonchev–Trinajstić information content (AvgIpc) is 2.50. The lowest BCUT2D eigenvalue weighted by Crippen LogP contribution is -2.37. The molecule has 1 aromatic rings. The highest BCUT2D eigenvalue weighted by atomic mass is 16.5. The van der Waals surface area contributed by atoms with Crippen molar-refractivity contribution in [3.8, 4) is 0 Å². The summed E-state index contributed by atoms with van der Waals surface area (Å²) >= 11 is 0. The van der Waals surface area contributed by atoms with E-state index in [0.29, 0.717) is 12.2 Å². The van der Waals surface area contributed by atoms with Crippen molar-refractivity contribution >= 4 is 17.5 Å². The third-order valence-corrected chi connectivity index (χ3v) is 3.63. The molecule has 4 nitrogen and oxygen atoms in total. The van der Waals surface area contributed by atoms with Crippen LogP contribution in [-0.2, 0) is 19.1 Å². The van der Waals surface area contributed by atoms with Crippen molar-refractivity contribution in [2.24, 2.45) is 5.92 Å². The smallest absolute Gasteiger partial charge is 0.345 e. The minimum Gasteiger partial charge on any atom is -0.488 e. The van der Waals surface area contributed by atoms with E-state index in [0.717, 1.165) is 5.56 Å². The van der Waals surface area contributed by atoms with Crippen LogP contribution in [0.4, 0.5) is 0 Å². The Morgan fingerprint density at radius 1 is 1.24 bits per heavy atom. The molecule has 1 heterocycles. The topological polar surface area (TPSA) is 52.6 Å². The van der Waals surface area contributed by atoms with Gasteiger partial charge in [-0.15, -0.1) is 0 Å². The van der Waals surface area contributed by atoms with Gasteiger partial charge in [-0.25, -0.2) is 4.79 Å². The number of ether oxygens (including phenoxy) is 2. The van der Waals surface area contributed by atoms with Gasteiger partial charge in [0.2, 0.25) is 0 Å². The molecule has 112 valence electrons. The summed E-state index contributed by atoms with van der Waals surface area (Å²) in [6, 6.07) is 9.21. The third-order valence-electron chi connectivity index (χ3n) is 3.63. The van der Waals surface area contributed by atoms with Crippen LogP contribution >= 0.6 is 0 Å². The quantitative estimate of drug-likeness (QED) is 0.631. The zero-order valence-electron chi connectivity index (χ0n) is 12.6. The van der Waals surface area contributed by atoms with Gasteiger partial charge in [0.25, 0.3) is 0 Å². The van der Waals surface area contributed by atoms with E-state index in [9.17, 15) is 9.59 Å². The SMILES string of the molecule is CCOC(=O)C1=C(c2ccccc2)OC(CC)C(C)C1=O. The number of esters is 1. The lowest BCUT2D eigenvalue weighted by atomic mass is 9.88. The van der Waals surface area contributed by atoms with Gasteiger partial charge in [0.15, 0.2) is 5.78 Å². The van der Waals surface area contributed by atoms with Gasteiger partial charge in [-0.2, -0.15) is 0 Å². The molecule has 2 rings (SSSR count). The first kappa shape index (κ1) is 15.3. The van der Waals surface area contributed by atoms with E-state index in [2.05, 4.69) is 0 Å². The Hall–Kier alpha value is -2.10. The Balaban J connectivity index is 2.54. The molecular formula is C17H20O4. The van der Waals surface area contributed by atoms with E-state index in [1.807, 2.05) is 37.3 Å². The molecule has 0 radical (unpaired) electrons. The number of rotatable bonds is 4. The van der Waals surface area contributed by atoms with Gasteiger partial charge in [0, 0.05) is 5.56 Å².